The second kappa shape index (κ2) is 8.38. The summed E-state index contributed by atoms with van der Waals surface area (Å²) >= 11 is 2.36. The molecule has 0 spiro atoms. The first-order chi connectivity index (χ1) is 13.9. The van der Waals surface area contributed by atoms with Gasteiger partial charge < -0.3 is 21.0 Å². The number of carbonyl (C=O) groups is 3. The number of nitrogens with zero attached hydrogens (tertiary/aromatic N) is 6. The van der Waals surface area contributed by atoms with Crippen LogP contribution in [-0.4, -0.2) is 69.3 Å². The van der Waals surface area contributed by atoms with E-state index in [0.717, 1.165) is 16.2 Å². The molecule has 1 aromatic heterocycles. The molecule has 15 heteroatoms. The molecule has 4 N–H and O–H groups in total. The molecule has 3 rings (SSSR count). The molecule has 13 nitrogen and oxygen atoms in total. The number of aromatic nitrogens is 1. The highest BCUT2D eigenvalue weighted by Gasteiger charge is 2.54. The van der Waals surface area contributed by atoms with Crippen molar-refractivity contribution < 1.29 is 24.3 Å². The number of carbonyl (C=O) groups excluding carboxylic acids is 2. The van der Waals surface area contributed by atoms with Crippen molar-refractivity contribution in [3.05, 3.63) is 32.8 Å². The number of hydrogen-bond donors (Lipinski definition) is 3. The lowest BCUT2D eigenvalue weighted by molar-refractivity contribution is -0.150. The summed E-state index contributed by atoms with van der Waals surface area (Å²) in [6.45, 7) is -0.158. The molecule has 1 unspecified atom stereocenters. The van der Waals surface area contributed by atoms with Crippen LogP contribution >= 0.6 is 23.1 Å². The van der Waals surface area contributed by atoms with Gasteiger partial charge in [0, 0.05) is 16.0 Å². The van der Waals surface area contributed by atoms with Crippen LogP contribution in [0, 0.1) is 0 Å². The minimum Gasteiger partial charge on any atom is -0.477 e. The number of aliphatic carboxylic acids is 1. The van der Waals surface area contributed by atoms with E-state index in [1.165, 1.54) is 24.3 Å². The number of anilines is 1. The number of oxime groups is 1. The fourth-order valence-corrected chi connectivity index (χ4v) is 4.71. The Labute approximate surface area is 171 Å². The normalized spacial score (nSPS) is 21.1. The predicted molar refractivity (Wildman–Crippen MR) is 104 cm³/mol. The number of azide groups is 1. The summed E-state index contributed by atoms with van der Waals surface area (Å²) < 4.78 is 0. The number of carboxylic acids is 1. The lowest BCUT2D eigenvalue weighted by Gasteiger charge is -2.49. The second-order valence-corrected chi connectivity index (χ2v) is 7.70. The van der Waals surface area contributed by atoms with Crippen LogP contribution in [0.2, 0.25) is 0 Å². The first kappa shape index (κ1) is 20.4. The van der Waals surface area contributed by atoms with E-state index in [2.05, 4.69) is 30.3 Å². The number of fused-ring (bicyclic) bond motifs is 1. The number of β-lactam (4-membered cyclic amide) rings is 1. The van der Waals surface area contributed by atoms with Crippen molar-refractivity contribution in [2.24, 2.45) is 10.3 Å². The average Bonchev–Trinajstić information content (AvgIpc) is 3.13. The second-order valence-electron chi connectivity index (χ2n) is 5.70. The van der Waals surface area contributed by atoms with Crippen LogP contribution in [0.5, 0.6) is 0 Å². The number of nitrogens with one attached hydrogen (secondary N) is 1. The first-order valence-corrected chi connectivity index (χ1v) is 9.86. The van der Waals surface area contributed by atoms with Crippen molar-refractivity contribution in [3.8, 4) is 0 Å². The summed E-state index contributed by atoms with van der Waals surface area (Å²) in [4.78, 5) is 49.2. The highest BCUT2D eigenvalue weighted by atomic mass is 32.2. The fraction of sp³-hybridized carbons (Fsp3) is 0.357. The summed E-state index contributed by atoms with van der Waals surface area (Å²) in [6.07, 6.45) is 0. The molecule has 2 aliphatic rings. The largest absolute Gasteiger partial charge is 0.477 e. The van der Waals surface area contributed by atoms with Crippen LogP contribution in [0.3, 0.4) is 0 Å². The van der Waals surface area contributed by atoms with Crippen molar-refractivity contribution in [1.82, 2.24) is 15.2 Å². The maximum Gasteiger partial charge on any atom is 0.352 e. The number of hydrogen-bond acceptors (Lipinski definition) is 10. The van der Waals surface area contributed by atoms with Gasteiger partial charge in [-0.25, -0.2) is 9.78 Å². The third kappa shape index (κ3) is 3.83. The van der Waals surface area contributed by atoms with E-state index >= 15 is 0 Å². The van der Waals surface area contributed by atoms with Crippen molar-refractivity contribution in [3.63, 3.8) is 0 Å². The van der Waals surface area contributed by atoms with Crippen LogP contribution in [0.25, 0.3) is 10.4 Å². The van der Waals surface area contributed by atoms with Gasteiger partial charge in [0.15, 0.2) is 10.8 Å². The molecule has 2 amide bonds. The van der Waals surface area contributed by atoms with Crippen LogP contribution in [0.4, 0.5) is 5.13 Å². The van der Waals surface area contributed by atoms with Gasteiger partial charge in [0.2, 0.25) is 0 Å². The molecule has 0 radical (unpaired) electrons. The number of carboxylic acid groups (broad SMARTS) is 1. The minimum absolute atomic E-state index is 0.158. The molecule has 1 fully saturated rings. The van der Waals surface area contributed by atoms with Crippen molar-refractivity contribution >= 4 is 51.7 Å². The minimum atomic E-state index is -1.31. The van der Waals surface area contributed by atoms with Gasteiger partial charge >= 0.3 is 5.97 Å². The summed E-state index contributed by atoms with van der Waals surface area (Å²) in [5, 5.41) is 20.2. The number of thioether (sulfide) groups is 1. The summed E-state index contributed by atoms with van der Waals surface area (Å²) in [7, 11) is 1.26. The lowest BCUT2D eigenvalue weighted by Crippen LogP contribution is -2.71. The van der Waals surface area contributed by atoms with Gasteiger partial charge in [0.05, 0.1) is 6.54 Å². The number of amides is 2. The quantitative estimate of drug-likeness (QED) is 0.133. The molecule has 29 heavy (non-hydrogen) atoms. The number of nitrogen functional groups attached to an aromatic ring is 1. The smallest absolute Gasteiger partial charge is 0.352 e. The van der Waals surface area contributed by atoms with E-state index in [9.17, 15) is 19.5 Å². The van der Waals surface area contributed by atoms with Crippen molar-refractivity contribution in [1.29, 1.82) is 0 Å². The zero-order valence-electron chi connectivity index (χ0n) is 14.8. The molecule has 1 aromatic rings. The maximum absolute atomic E-state index is 12.6. The Kier molecular flexibility index (Phi) is 5.91. The van der Waals surface area contributed by atoms with Crippen LogP contribution in [0.1, 0.15) is 5.69 Å². The van der Waals surface area contributed by atoms with Gasteiger partial charge in [0.1, 0.15) is 29.9 Å². The van der Waals surface area contributed by atoms with E-state index in [4.69, 9.17) is 11.3 Å². The molecular weight excluding hydrogens is 424 g/mol. The summed E-state index contributed by atoms with van der Waals surface area (Å²) in [5.41, 5.74) is 14.2. The van der Waals surface area contributed by atoms with Gasteiger partial charge in [0.25, 0.3) is 11.8 Å². The first-order valence-electron chi connectivity index (χ1n) is 7.93. The summed E-state index contributed by atoms with van der Waals surface area (Å²) in [6, 6.07) is -0.957. The highest BCUT2D eigenvalue weighted by Crippen LogP contribution is 2.40. The fourth-order valence-electron chi connectivity index (χ4n) is 2.82. The zero-order valence-corrected chi connectivity index (χ0v) is 16.4. The van der Waals surface area contributed by atoms with Crippen LogP contribution in [0.15, 0.2) is 26.9 Å². The van der Waals surface area contributed by atoms with E-state index < -0.39 is 29.2 Å². The van der Waals surface area contributed by atoms with Gasteiger partial charge in [-0.3, -0.25) is 14.5 Å². The van der Waals surface area contributed by atoms with Crippen LogP contribution < -0.4 is 11.1 Å². The standard InChI is InChI=1S/C14H14N8O5S2/c1-27-20-7(6-4-29-14(15)18-6)10(23)19-8-11(24)22-9(13(25)26)5(2-17-21-16)3-28-12(8)22/h4,8,12H,2-3H2,1H3,(H2,15,18)(H,19,23)(H,25,26)/t8?,12-/m0/s1. The lowest BCUT2D eigenvalue weighted by atomic mass is 10.0. The van der Waals surface area contributed by atoms with E-state index in [1.54, 1.807) is 0 Å². The third-order valence-electron chi connectivity index (χ3n) is 4.02. The third-order valence-corrected chi connectivity index (χ3v) is 6.04. The SMILES string of the molecule is CON=C(C(=O)NC1C(=O)N2C(C(=O)O)=C(CN=[N+]=[N-])CS[C@@H]12)c1csc(N)n1. The van der Waals surface area contributed by atoms with Crippen molar-refractivity contribution in [2.45, 2.75) is 11.4 Å². The molecule has 2 atom stereocenters. The molecule has 0 aliphatic carbocycles. The predicted octanol–water partition coefficient (Wildman–Crippen LogP) is 0.125. The Morgan fingerprint density at radius 1 is 1.59 bits per heavy atom. The molecule has 0 aromatic carbocycles. The van der Waals surface area contributed by atoms with Crippen molar-refractivity contribution in [2.75, 3.05) is 25.1 Å². The van der Waals surface area contributed by atoms with Gasteiger partial charge in [-0.15, -0.1) is 23.1 Å². The number of rotatable bonds is 7. The zero-order chi connectivity index (χ0) is 21.1. The highest BCUT2D eigenvalue weighted by molar-refractivity contribution is 8.00. The Morgan fingerprint density at radius 3 is 2.93 bits per heavy atom. The molecule has 1 saturated heterocycles. The van der Waals surface area contributed by atoms with E-state index in [1.807, 2.05) is 0 Å². The average molecular weight is 438 g/mol. The van der Waals surface area contributed by atoms with E-state index in [0.29, 0.717) is 5.57 Å². The molecule has 0 bridgehead atoms. The Morgan fingerprint density at radius 2 is 2.34 bits per heavy atom. The van der Waals surface area contributed by atoms with Crippen LogP contribution in [-0.2, 0) is 19.2 Å². The molecule has 2 aliphatic heterocycles. The monoisotopic (exact) mass is 438 g/mol. The summed E-state index contributed by atoms with van der Waals surface area (Å²) in [5.74, 6) is -2.38. The molecule has 152 valence electrons. The molecule has 3 heterocycles. The molecular formula is C14H14N8O5S2. The topological polar surface area (TPSA) is 196 Å². The van der Waals surface area contributed by atoms with Gasteiger partial charge in [-0.05, 0) is 11.1 Å². The Hall–Kier alpha value is -3.29. The van der Waals surface area contributed by atoms with Gasteiger partial charge in [-0.2, -0.15) is 0 Å². The number of thiazole rings is 1. The van der Waals surface area contributed by atoms with E-state index in [-0.39, 0.29) is 34.5 Å². The number of nitrogens with two attached hydrogens (primary N) is 1. The maximum atomic E-state index is 12.6. The Bertz CT molecular complexity index is 982. The Balaban J connectivity index is 1.79. The van der Waals surface area contributed by atoms with Gasteiger partial charge in [-0.1, -0.05) is 10.3 Å². The molecule has 0 saturated carbocycles.